The number of morpholine rings is 1. The summed E-state index contributed by atoms with van der Waals surface area (Å²) in [5, 5.41) is 3.74. The average molecular weight is 267 g/mol. The predicted octanol–water partition coefficient (Wildman–Crippen LogP) is 0.957. The number of ether oxygens (including phenoxy) is 1. The molecule has 0 radical (unpaired) electrons. The second-order valence-corrected chi connectivity index (χ2v) is 6.54. The van der Waals surface area contributed by atoms with Gasteiger partial charge in [-0.1, -0.05) is 12.8 Å². The van der Waals surface area contributed by atoms with E-state index in [9.17, 15) is 0 Å². The number of hydrogen-bond acceptors (Lipinski definition) is 4. The Kier molecular flexibility index (Phi) is 4.74. The summed E-state index contributed by atoms with van der Waals surface area (Å²) >= 11 is 0. The topological polar surface area (TPSA) is 50.5 Å². The summed E-state index contributed by atoms with van der Waals surface area (Å²) < 4.78 is 6.02. The number of hydrogen-bond donors (Lipinski definition) is 2. The quantitative estimate of drug-likeness (QED) is 0.796. The van der Waals surface area contributed by atoms with Gasteiger partial charge in [0.25, 0.3) is 0 Å². The summed E-state index contributed by atoms with van der Waals surface area (Å²) in [6.45, 7) is 5.18. The van der Waals surface area contributed by atoms with E-state index in [1.165, 1.54) is 45.1 Å². The summed E-state index contributed by atoms with van der Waals surface area (Å²) in [7, 11) is 0. The molecule has 1 saturated carbocycles. The zero-order valence-corrected chi connectivity index (χ0v) is 12.0. The van der Waals surface area contributed by atoms with Gasteiger partial charge in [0.2, 0.25) is 0 Å². The van der Waals surface area contributed by atoms with Crippen molar-refractivity contribution in [2.75, 3.05) is 32.8 Å². The molecule has 4 unspecified atom stereocenters. The first-order valence-electron chi connectivity index (χ1n) is 8.16. The second-order valence-electron chi connectivity index (χ2n) is 6.54. The molecule has 4 nitrogen and oxygen atoms in total. The molecule has 3 N–H and O–H groups in total. The zero-order valence-electron chi connectivity index (χ0n) is 12.0. The molecular weight excluding hydrogens is 238 g/mol. The highest BCUT2D eigenvalue weighted by atomic mass is 16.5. The van der Waals surface area contributed by atoms with E-state index in [0.717, 1.165) is 26.2 Å². The molecule has 2 saturated heterocycles. The fourth-order valence-electron chi connectivity index (χ4n) is 4.05. The van der Waals surface area contributed by atoms with Crippen LogP contribution in [-0.2, 0) is 4.74 Å². The Labute approximate surface area is 117 Å². The maximum absolute atomic E-state index is 6.02. The van der Waals surface area contributed by atoms with Crippen molar-refractivity contribution in [2.24, 2.45) is 11.7 Å². The molecule has 1 aliphatic carbocycles. The molecule has 2 aliphatic heterocycles. The van der Waals surface area contributed by atoms with Crippen LogP contribution >= 0.6 is 0 Å². The fraction of sp³-hybridized carbons (Fsp3) is 1.00. The maximum Gasteiger partial charge on any atom is 0.0827 e. The van der Waals surface area contributed by atoms with E-state index in [0.29, 0.717) is 24.1 Å². The Morgan fingerprint density at radius 3 is 2.95 bits per heavy atom. The van der Waals surface area contributed by atoms with Gasteiger partial charge < -0.3 is 15.8 Å². The summed E-state index contributed by atoms with van der Waals surface area (Å²) in [6.07, 6.45) is 8.37. The van der Waals surface area contributed by atoms with Crippen LogP contribution in [0.4, 0.5) is 0 Å². The Morgan fingerprint density at radius 2 is 2.05 bits per heavy atom. The lowest BCUT2D eigenvalue weighted by Crippen LogP contribution is -2.52. The number of nitrogens with two attached hydrogens (primary N) is 1. The number of rotatable bonds is 4. The molecule has 3 rings (SSSR count). The second kappa shape index (κ2) is 6.53. The minimum Gasteiger partial charge on any atom is -0.374 e. The highest BCUT2D eigenvalue weighted by Crippen LogP contribution is 2.25. The largest absolute Gasteiger partial charge is 0.374 e. The number of nitrogens with one attached hydrogen (secondary N) is 1. The molecule has 3 aliphatic rings. The highest BCUT2D eigenvalue weighted by Gasteiger charge is 2.32. The Hall–Kier alpha value is -0.160. The van der Waals surface area contributed by atoms with Crippen LogP contribution in [0.5, 0.6) is 0 Å². The minimum absolute atomic E-state index is 0.384. The van der Waals surface area contributed by atoms with E-state index in [2.05, 4.69) is 10.2 Å². The average Bonchev–Trinajstić information content (AvgIpc) is 2.93. The van der Waals surface area contributed by atoms with Gasteiger partial charge in [0.1, 0.15) is 0 Å². The van der Waals surface area contributed by atoms with Crippen LogP contribution in [0.15, 0.2) is 0 Å². The minimum atomic E-state index is 0.384. The smallest absolute Gasteiger partial charge is 0.0827 e. The van der Waals surface area contributed by atoms with E-state index in [1.54, 1.807) is 0 Å². The van der Waals surface area contributed by atoms with Crippen LogP contribution in [0.25, 0.3) is 0 Å². The molecular formula is C15H29N3O. The SMILES string of the molecule is NCC1CCCCC1NCC1CN2CCCC2CO1. The van der Waals surface area contributed by atoms with Gasteiger partial charge in [-0.3, -0.25) is 4.90 Å². The van der Waals surface area contributed by atoms with E-state index in [-0.39, 0.29) is 0 Å². The molecule has 0 aromatic heterocycles. The van der Waals surface area contributed by atoms with E-state index < -0.39 is 0 Å². The zero-order chi connectivity index (χ0) is 13.1. The molecule has 0 bridgehead atoms. The van der Waals surface area contributed by atoms with Crippen molar-refractivity contribution in [1.29, 1.82) is 0 Å². The van der Waals surface area contributed by atoms with Gasteiger partial charge in [-0.2, -0.15) is 0 Å². The summed E-state index contributed by atoms with van der Waals surface area (Å²) in [5.74, 6) is 0.678. The Balaban J connectivity index is 1.44. The van der Waals surface area contributed by atoms with Crippen LogP contribution in [0.3, 0.4) is 0 Å². The van der Waals surface area contributed by atoms with Gasteiger partial charge in [0.05, 0.1) is 12.7 Å². The van der Waals surface area contributed by atoms with Crippen molar-refractivity contribution >= 4 is 0 Å². The van der Waals surface area contributed by atoms with Gasteiger partial charge >= 0.3 is 0 Å². The van der Waals surface area contributed by atoms with Crippen molar-refractivity contribution in [3.05, 3.63) is 0 Å². The van der Waals surface area contributed by atoms with Crippen molar-refractivity contribution < 1.29 is 4.74 Å². The van der Waals surface area contributed by atoms with Crippen LogP contribution in [0, 0.1) is 5.92 Å². The lowest BCUT2D eigenvalue weighted by Gasteiger charge is -2.37. The third-order valence-corrected chi connectivity index (χ3v) is 5.28. The van der Waals surface area contributed by atoms with Crippen molar-refractivity contribution in [1.82, 2.24) is 10.2 Å². The summed E-state index contributed by atoms with van der Waals surface area (Å²) in [6, 6.07) is 1.33. The van der Waals surface area contributed by atoms with Crippen LogP contribution in [-0.4, -0.2) is 55.9 Å². The van der Waals surface area contributed by atoms with Crippen LogP contribution in [0.1, 0.15) is 38.5 Å². The third-order valence-electron chi connectivity index (χ3n) is 5.28. The van der Waals surface area contributed by atoms with Gasteiger partial charge in [0.15, 0.2) is 0 Å². The highest BCUT2D eigenvalue weighted by molar-refractivity contribution is 4.88. The maximum atomic E-state index is 6.02. The van der Waals surface area contributed by atoms with Gasteiger partial charge in [-0.25, -0.2) is 0 Å². The molecule has 4 atom stereocenters. The standard InChI is InChI=1S/C15H29N3O/c16-8-12-4-1-2-6-15(12)17-9-14-10-18-7-3-5-13(18)11-19-14/h12-15,17H,1-11,16H2. The molecule has 0 spiro atoms. The first-order chi connectivity index (χ1) is 9.36. The monoisotopic (exact) mass is 267 g/mol. The molecule has 2 heterocycles. The Bertz CT molecular complexity index is 287. The lowest BCUT2D eigenvalue weighted by molar-refractivity contribution is -0.0488. The molecule has 4 heteroatoms. The first kappa shape index (κ1) is 13.8. The summed E-state index contributed by atoms with van der Waals surface area (Å²) in [4.78, 5) is 2.62. The van der Waals surface area contributed by atoms with Crippen molar-refractivity contribution in [3.8, 4) is 0 Å². The van der Waals surface area contributed by atoms with Gasteiger partial charge in [0, 0.05) is 25.2 Å². The molecule has 19 heavy (non-hydrogen) atoms. The molecule has 0 amide bonds. The first-order valence-corrected chi connectivity index (χ1v) is 8.16. The molecule has 3 fully saturated rings. The lowest BCUT2D eigenvalue weighted by atomic mass is 9.84. The van der Waals surface area contributed by atoms with Crippen molar-refractivity contribution in [3.63, 3.8) is 0 Å². The van der Waals surface area contributed by atoms with Gasteiger partial charge in [-0.15, -0.1) is 0 Å². The number of fused-ring (bicyclic) bond motifs is 1. The number of nitrogens with zero attached hydrogens (tertiary/aromatic N) is 1. The predicted molar refractivity (Wildman–Crippen MR) is 77.1 cm³/mol. The van der Waals surface area contributed by atoms with Crippen LogP contribution < -0.4 is 11.1 Å². The summed E-state index contributed by atoms with van der Waals surface area (Å²) in [5.41, 5.74) is 5.89. The van der Waals surface area contributed by atoms with Gasteiger partial charge in [-0.05, 0) is 44.7 Å². The fourth-order valence-corrected chi connectivity index (χ4v) is 4.05. The molecule has 110 valence electrons. The van der Waals surface area contributed by atoms with E-state index in [1.807, 2.05) is 0 Å². The Morgan fingerprint density at radius 1 is 1.16 bits per heavy atom. The van der Waals surface area contributed by atoms with Crippen LogP contribution in [0.2, 0.25) is 0 Å². The molecule has 0 aromatic carbocycles. The normalized spacial score (nSPS) is 40.3. The van der Waals surface area contributed by atoms with Crippen molar-refractivity contribution in [2.45, 2.75) is 56.7 Å². The van der Waals surface area contributed by atoms with E-state index in [4.69, 9.17) is 10.5 Å². The van der Waals surface area contributed by atoms with E-state index >= 15 is 0 Å². The molecule has 0 aromatic rings. The third kappa shape index (κ3) is 3.30.